The second-order valence-corrected chi connectivity index (χ2v) is 5.90. The standard InChI is InChI=1S/C13H19N3O5/c17-9-5-10(12(19)20)16(7-9)13(21)14-3-4-15-8(6-14)1-2-11(15)18/h8-10,17H,1-7H2,(H,19,20)/t8?,9-,10-/m1/s1. The molecule has 0 aromatic heterocycles. The summed E-state index contributed by atoms with van der Waals surface area (Å²) in [4.78, 5) is 40.0. The Kier molecular flexibility index (Phi) is 3.48. The second-order valence-electron chi connectivity index (χ2n) is 5.90. The summed E-state index contributed by atoms with van der Waals surface area (Å²) in [7, 11) is 0. The van der Waals surface area contributed by atoms with Crippen molar-refractivity contribution in [2.45, 2.75) is 37.5 Å². The first-order chi connectivity index (χ1) is 9.97. The zero-order valence-electron chi connectivity index (χ0n) is 11.6. The number of piperazine rings is 1. The third-order valence-corrected chi connectivity index (χ3v) is 4.57. The molecule has 21 heavy (non-hydrogen) atoms. The van der Waals surface area contributed by atoms with E-state index in [1.54, 1.807) is 9.80 Å². The number of hydrogen-bond donors (Lipinski definition) is 2. The van der Waals surface area contributed by atoms with Gasteiger partial charge in [0.2, 0.25) is 5.91 Å². The molecular weight excluding hydrogens is 278 g/mol. The van der Waals surface area contributed by atoms with Crippen molar-refractivity contribution in [2.24, 2.45) is 0 Å². The Labute approximate surface area is 121 Å². The number of nitrogens with zero attached hydrogens (tertiary/aromatic N) is 3. The first-order valence-corrected chi connectivity index (χ1v) is 7.23. The van der Waals surface area contributed by atoms with Crippen LogP contribution in [0.2, 0.25) is 0 Å². The summed E-state index contributed by atoms with van der Waals surface area (Å²) in [5.74, 6) is -0.957. The normalized spacial score (nSPS) is 32.5. The summed E-state index contributed by atoms with van der Waals surface area (Å²) in [6.45, 7) is 1.42. The molecule has 8 nitrogen and oxygen atoms in total. The summed E-state index contributed by atoms with van der Waals surface area (Å²) >= 11 is 0. The van der Waals surface area contributed by atoms with Crippen LogP contribution >= 0.6 is 0 Å². The average Bonchev–Trinajstić information content (AvgIpc) is 3.01. The van der Waals surface area contributed by atoms with Crippen LogP contribution in [0.3, 0.4) is 0 Å². The topological polar surface area (TPSA) is 101 Å². The molecule has 3 amide bonds. The number of rotatable bonds is 1. The number of fused-ring (bicyclic) bond motifs is 1. The quantitative estimate of drug-likeness (QED) is 0.642. The number of carbonyl (C=O) groups is 3. The van der Waals surface area contributed by atoms with Gasteiger partial charge in [-0.1, -0.05) is 0 Å². The van der Waals surface area contributed by atoms with Gasteiger partial charge in [-0.2, -0.15) is 0 Å². The highest BCUT2D eigenvalue weighted by atomic mass is 16.4. The number of β-amino-alcohol motifs (C(OH)–C–C–N with tert-alkyl or cyclic N) is 1. The molecule has 0 saturated carbocycles. The van der Waals surface area contributed by atoms with Gasteiger partial charge in [0.05, 0.1) is 6.10 Å². The number of likely N-dealkylation sites (tertiary alicyclic amines) is 1. The molecule has 8 heteroatoms. The lowest BCUT2D eigenvalue weighted by Crippen LogP contribution is -2.57. The van der Waals surface area contributed by atoms with Crippen LogP contribution in [0.1, 0.15) is 19.3 Å². The molecule has 2 N–H and O–H groups in total. The van der Waals surface area contributed by atoms with Crippen LogP contribution < -0.4 is 0 Å². The maximum Gasteiger partial charge on any atom is 0.326 e. The molecule has 3 rings (SSSR count). The zero-order chi connectivity index (χ0) is 15.1. The van der Waals surface area contributed by atoms with Gasteiger partial charge in [-0.15, -0.1) is 0 Å². The number of carboxylic acids is 1. The number of amides is 3. The number of carbonyl (C=O) groups excluding carboxylic acids is 2. The lowest BCUT2D eigenvalue weighted by Gasteiger charge is -2.39. The van der Waals surface area contributed by atoms with Crippen molar-refractivity contribution < 1.29 is 24.6 Å². The number of hydrogen-bond acceptors (Lipinski definition) is 4. The number of aliphatic hydroxyl groups excluding tert-OH is 1. The van der Waals surface area contributed by atoms with Gasteiger partial charge >= 0.3 is 12.0 Å². The summed E-state index contributed by atoms with van der Waals surface area (Å²) in [6, 6.07) is -1.26. The minimum absolute atomic E-state index is 0.0472. The van der Waals surface area contributed by atoms with Crippen molar-refractivity contribution in [3.05, 3.63) is 0 Å². The van der Waals surface area contributed by atoms with E-state index >= 15 is 0 Å². The van der Waals surface area contributed by atoms with Crippen LogP contribution in [0.4, 0.5) is 4.79 Å². The Morgan fingerprint density at radius 1 is 1.19 bits per heavy atom. The molecule has 1 unspecified atom stereocenters. The summed E-state index contributed by atoms with van der Waals surface area (Å²) in [5, 5.41) is 18.8. The number of aliphatic hydroxyl groups is 1. The summed E-state index contributed by atoms with van der Waals surface area (Å²) in [6.07, 6.45) is 0.549. The first-order valence-electron chi connectivity index (χ1n) is 7.23. The van der Waals surface area contributed by atoms with Gasteiger partial charge in [-0.05, 0) is 6.42 Å². The Hall–Kier alpha value is -1.83. The fourth-order valence-electron chi connectivity index (χ4n) is 3.48. The Bertz CT molecular complexity index is 482. The molecule has 3 aliphatic heterocycles. The van der Waals surface area contributed by atoms with Gasteiger partial charge in [0.25, 0.3) is 0 Å². The van der Waals surface area contributed by atoms with Crippen molar-refractivity contribution in [2.75, 3.05) is 26.2 Å². The molecule has 0 aromatic rings. The zero-order valence-corrected chi connectivity index (χ0v) is 11.6. The Balaban J connectivity index is 1.68. The fourth-order valence-corrected chi connectivity index (χ4v) is 3.48. The van der Waals surface area contributed by atoms with Gasteiger partial charge in [-0.25, -0.2) is 9.59 Å². The molecule has 0 aliphatic carbocycles. The highest BCUT2D eigenvalue weighted by molar-refractivity contribution is 5.84. The van der Waals surface area contributed by atoms with E-state index in [4.69, 9.17) is 5.11 Å². The molecule has 3 heterocycles. The van der Waals surface area contributed by atoms with E-state index < -0.39 is 18.1 Å². The summed E-state index contributed by atoms with van der Waals surface area (Å²) < 4.78 is 0. The first kappa shape index (κ1) is 14.1. The third kappa shape index (κ3) is 2.44. The molecule has 116 valence electrons. The van der Waals surface area contributed by atoms with Crippen molar-refractivity contribution in [3.8, 4) is 0 Å². The molecule has 0 spiro atoms. The smallest absolute Gasteiger partial charge is 0.326 e. The average molecular weight is 297 g/mol. The van der Waals surface area contributed by atoms with Crippen molar-refractivity contribution in [1.29, 1.82) is 0 Å². The predicted molar refractivity (Wildman–Crippen MR) is 70.5 cm³/mol. The van der Waals surface area contributed by atoms with Crippen LogP contribution in [0.5, 0.6) is 0 Å². The van der Waals surface area contributed by atoms with Crippen LogP contribution in [-0.4, -0.2) is 87.2 Å². The van der Waals surface area contributed by atoms with Gasteiger partial charge < -0.3 is 24.9 Å². The lowest BCUT2D eigenvalue weighted by molar-refractivity contribution is -0.141. The highest BCUT2D eigenvalue weighted by Gasteiger charge is 2.43. The van der Waals surface area contributed by atoms with E-state index in [9.17, 15) is 19.5 Å². The lowest BCUT2D eigenvalue weighted by atomic mass is 10.1. The Morgan fingerprint density at radius 3 is 2.67 bits per heavy atom. The maximum absolute atomic E-state index is 12.5. The third-order valence-electron chi connectivity index (χ3n) is 4.57. The maximum atomic E-state index is 12.5. The number of aliphatic carboxylic acids is 1. The van der Waals surface area contributed by atoms with Crippen LogP contribution in [0.15, 0.2) is 0 Å². The molecule has 0 radical (unpaired) electrons. The minimum atomic E-state index is -1.09. The van der Waals surface area contributed by atoms with E-state index in [2.05, 4.69) is 0 Å². The highest BCUT2D eigenvalue weighted by Crippen LogP contribution is 2.25. The molecule has 3 saturated heterocycles. The van der Waals surface area contributed by atoms with E-state index in [1.165, 1.54) is 4.90 Å². The van der Waals surface area contributed by atoms with Crippen LogP contribution in [0, 0.1) is 0 Å². The summed E-state index contributed by atoms with van der Waals surface area (Å²) in [5.41, 5.74) is 0. The van der Waals surface area contributed by atoms with Crippen LogP contribution in [0.25, 0.3) is 0 Å². The Morgan fingerprint density at radius 2 is 1.95 bits per heavy atom. The largest absolute Gasteiger partial charge is 0.480 e. The fraction of sp³-hybridized carbons (Fsp3) is 0.769. The van der Waals surface area contributed by atoms with E-state index in [0.29, 0.717) is 26.1 Å². The molecule has 0 aromatic carbocycles. The minimum Gasteiger partial charge on any atom is -0.480 e. The molecule has 0 bridgehead atoms. The van der Waals surface area contributed by atoms with E-state index in [-0.39, 0.29) is 30.9 Å². The van der Waals surface area contributed by atoms with Gasteiger partial charge in [0, 0.05) is 45.1 Å². The second kappa shape index (κ2) is 5.18. The van der Waals surface area contributed by atoms with Crippen molar-refractivity contribution in [1.82, 2.24) is 14.7 Å². The van der Waals surface area contributed by atoms with Gasteiger partial charge in [-0.3, -0.25) is 4.79 Å². The molecule has 3 fully saturated rings. The van der Waals surface area contributed by atoms with E-state index in [0.717, 1.165) is 6.42 Å². The predicted octanol–water partition coefficient (Wildman–Crippen LogP) is -1.07. The number of urea groups is 1. The van der Waals surface area contributed by atoms with Crippen molar-refractivity contribution >= 4 is 17.9 Å². The van der Waals surface area contributed by atoms with Crippen LogP contribution in [-0.2, 0) is 9.59 Å². The molecule has 3 aliphatic rings. The SMILES string of the molecule is O=C(O)[C@H]1C[C@@H](O)CN1C(=O)N1CCN2C(=O)CCC2C1. The monoisotopic (exact) mass is 297 g/mol. The number of carboxylic acid groups (broad SMARTS) is 1. The van der Waals surface area contributed by atoms with Gasteiger partial charge in [0.15, 0.2) is 0 Å². The van der Waals surface area contributed by atoms with E-state index in [1.807, 2.05) is 0 Å². The van der Waals surface area contributed by atoms with Crippen molar-refractivity contribution in [3.63, 3.8) is 0 Å². The molecular formula is C13H19N3O5. The van der Waals surface area contributed by atoms with Gasteiger partial charge in [0.1, 0.15) is 6.04 Å². The molecule has 3 atom stereocenters.